The molecule has 0 amide bonds. The minimum absolute atomic E-state index is 0.258. The smallest absolute Gasteiger partial charge is 0.165 e. The van der Waals surface area contributed by atoms with E-state index in [4.69, 9.17) is 4.74 Å². The van der Waals surface area contributed by atoms with E-state index in [1.807, 2.05) is 6.92 Å². The van der Waals surface area contributed by atoms with Crippen molar-refractivity contribution < 1.29 is 9.13 Å². The topological polar surface area (TPSA) is 39.1 Å². The summed E-state index contributed by atoms with van der Waals surface area (Å²) in [6.07, 6.45) is 3.44. The van der Waals surface area contributed by atoms with Gasteiger partial charge in [-0.05, 0) is 31.5 Å². The Morgan fingerprint density at radius 2 is 2.19 bits per heavy atom. The predicted molar refractivity (Wildman–Crippen MR) is 80.9 cm³/mol. The molecule has 1 aromatic heterocycles. The van der Waals surface area contributed by atoms with Crippen LogP contribution in [0, 0.1) is 11.7 Å². The molecule has 0 aliphatic carbocycles. The summed E-state index contributed by atoms with van der Waals surface area (Å²) in [5.74, 6) is 1.41. The highest BCUT2D eigenvalue weighted by atomic mass is 19.1. The lowest BCUT2D eigenvalue weighted by Crippen LogP contribution is -2.20. The number of ether oxygens (including phenoxy) is 1. The zero-order valence-electron chi connectivity index (χ0n) is 12.8. The second-order valence-electron chi connectivity index (χ2n) is 5.38. The quantitative estimate of drug-likeness (QED) is 0.847. The van der Waals surface area contributed by atoms with Crippen molar-refractivity contribution >= 4 is 0 Å². The van der Waals surface area contributed by atoms with E-state index in [1.54, 1.807) is 29.2 Å². The van der Waals surface area contributed by atoms with Crippen molar-refractivity contribution in [3.63, 3.8) is 0 Å². The molecule has 0 spiro atoms. The Hall–Kier alpha value is -1.88. The van der Waals surface area contributed by atoms with Gasteiger partial charge in [0.25, 0.3) is 0 Å². The number of hydrogen-bond donors (Lipinski definition) is 1. The van der Waals surface area contributed by atoms with Crippen LogP contribution in [0.5, 0.6) is 11.5 Å². The van der Waals surface area contributed by atoms with Crippen molar-refractivity contribution in [1.29, 1.82) is 0 Å². The Balaban J connectivity index is 2.12. The molecule has 114 valence electrons. The standard InChI is InChI=1S/C16H22FN3O/c1-4-20-11-13(9-19-20)21-16-7-5-6-15(17)14(16)10-18-8-12(2)3/h5-7,9,11-12,18H,4,8,10H2,1-3H3. The van der Waals surface area contributed by atoms with Gasteiger partial charge in [-0.3, -0.25) is 4.68 Å². The molecule has 4 nitrogen and oxygen atoms in total. The van der Waals surface area contributed by atoms with Crippen LogP contribution >= 0.6 is 0 Å². The van der Waals surface area contributed by atoms with Gasteiger partial charge in [0.1, 0.15) is 11.6 Å². The van der Waals surface area contributed by atoms with Crippen LogP contribution in [0.25, 0.3) is 0 Å². The molecule has 0 aliphatic heterocycles. The predicted octanol–water partition coefficient (Wildman–Crippen LogP) is 3.58. The number of aromatic nitrogens is 2. The maximum absolute atomic E-state index is 14.0. The highest BCUT2D eigenvalue weighted by Gasteiger charge is 2.11. The molecule has 2 rings (SSSR count). The molecule has 0 fully saturated rings. The minimum atomic E-state index is -0.258. The van der Waals surface area contributed by atoms with E-state index >= 15 is 0 Å². The highest BCUT2D eigenvalue weighted by molar-refractivity contribution is 5.37. The van der Waals surface area contributed by atoms with Gasteiger partial charge in [0.15, 0.2) is 5.75 Å². The van der Waals surface area contributed by atoms with Gasteiger partial charge in [-0.25, -0.2) is 4.39 Å². The Morgan fingerprint density at radius 3 is 2.86 bits per heavy atom. The van der Waals surface area contributed by atoms with Gasteiger partial charge in [0.2, 0.25) is 0 Å². The van der Waals surface area contributed by atoms with Crippen molar-refractivity contribution in [2.45, 2.75) is 33.9 Å². The van der Waals surface area contributed by atoms with E-state index in [1.165, 1.54) is 6.07 Å². The first kappa shape index (κ1) is 15.5. The van der Waals surface area contributed by atoms with E-state index in [0.29, 0.717) is 29.5 Å². The third kappa shape index (κ3) is 4.29. The van der Waals surface area contributed by atoms with Gasteiger partial charge < -0.3 is 10.1 Å². The minimum Gasteiger partial charge on any atom is -0.454 e. The van der Waals surface area contributed by atoms with E-state index in [2.05, 4.69) is 24.3 Å². The van der Waals surface area contributed by atoms with Crippen molar-refractivity contribution in [2.24, 2.45) is 5.92 Å². The summed E-state index contributed by atoms with van der Waals surface area (Å²) in [4.78, 5) is 0. The highest BCUT2D eigenvalue weighted by Crippen LogP contribution is 2.27. The van der Waals surface area contributed by atoms with Crippen LogP contribution in [0.2, 0.25) is 0 Å². The molecular formula is C16H22FN3O. The molecule has 1 aromatic carbocycles. The second-order valence-corrected chi connectivity index (χ2v) is 5.38. The van der Waals surface area contributed by atoms with E-state index < -0.39 is 0 Å². The van der Waals surface area contributed by atoms with E-state index in [0.717, 1.165) is 13.1 Å². The average Bonchev–Trinajstić information content (AvgIpc) is 2.89. The summed E-state index contributed by atoms with van der Waals surface area (Å²) in [5, 5.41) is 7.39. The molecule has 0 atom stereocenters. The monoisotopic (exact) mass is 291 g/mol. The molecule has 0 saturated heterocycles. The van der Waals surface area contributed by atoms with Crippen molar-refractivity contribution in [3.05, 3.63) is 42.0 Å². The summed E-state index contributed by atoms with van der Waals surface area (Å²) in [5.41, 5.74) is 0.544. The molecule has 0 bridgehead atoms. The van der Waals surface area contributed by atoms with Gasteiger partial charge in [0.05, 0.1) is 12.4 Å². The molecular weight excluding hydrogens is 269 g/mol. The van der Waals surface area contributed by atoms with Crippen LogP contribution in [-0.2, 0) is 13.1 Å². The Bertz CT molecular complexity index is 581. The van der Waals surface area contributed by atoms with Crippen LogP contribution in [0.3, 0.4) is 0 Å². The van der Waals surface area contributed by atoms with Crippen LogP contribution in [0.15, 0.2) is 30.6 Å². The summed E-state index contributed by atoms with van der Waals surface area (Å²) < 4.78 is 21.5. The number of nitrogens with one attached hydrogen (secondary N) is 1. The molecule has 5 heteroatoms. The molecule has 21 heavy (non-hydrogen) atoms. The van der Waals surface area contributed by atoms with Gasteiger partial charge >= 0.3 is 0 Å². The molecule has 1 N–H and O–H groups in total. The zero-order valence-corrected chi connectivity index (χ0v) is 12.8. The van der Waals surface area contributed by atoms with Crippen LogP contribution in [-0.4, -0.2) is 16.3 Å². The number of nitrogens with zero attached hydrogens (tertiary/aromatic N) is 2. The molecule has 0 radical (unpaired) electrons. The first-order valence-electron chi connectivity index (χ1n) is 7.28. The fraction of sp³-hybridized carbons (Fsp3) is 0.438. The molecule has 0 unspecified atom stereocenters. The van der Waals surface area contributed by atoms with Crippen LogP contribution < -0.4 is 10.1 Å². The number of hydrogen-bond acceptors (Lipinski definition) is 3. The third-order valence-electron chi connectivity index (χ3n) is 3.09. The maximum atomic E-state index is 14.0. The fourth-order valence-corrected chi connectivity index (χ4v) is 1.99. The van der Waals surface area contributed by atoms with Gasteiger partial charge in [-0.15, -0.1) is 0 Å². The first-order valence-corrected chi connectivity index (χ1v) is 7.28. The number of halogens is 1. The SMILES string of the molecule is CCn1cc(Oc2cccc(F)c2CNCC(C)C)cn1. The molecule has 2 aromatic rings. The van der Waals surface area contributed by atoms with E-state index in [9.17, 15) is 4.39 Å². The summed E-state index contributed by atoms with van der Waals surface area (Å²) >= 11 is 0. The lowest BCUT2D eigenvalue weighted by Gasteiger charge is -2.12. The largest absolute Gasteiger partial charge is 0.454 e. The zero-order chi connectivity index (χ0) is 15.2. The lowest BCUT2D eigenvalue weighted by molar-refractivity contribution is 0.456. The average molecular weight is 291 g/mol. The fourth-order valence-electron chi connectivity index (χ4n) is 1.99. The van der Waals surface area contributed by atoms with Gasteiger partial charge in [-0.2, -0.15) is 5.10 Å². The first-order chi connectivity index (χ1) is 10.1. The van der Waals surface area contributed by atoms with Crippen LogP contribution in [0.4, 0.5) is 4.39 Å². The third-order valence-corrected chi connectivity index (χ3v) is 3.09. The number of benzene rings is 1. The lowest BCUT2D eigenvalue weighted by atomic mass is 10.1. The number of aryl methyl sites for hydroxylation is 1. The van der Waals surface area contributed by atoms with Crippen molar-refractivity contribution in [1.82, 2.24) is 15.1 Å². The molecule has 0 saturated carbocycles. The summed E-state index contributed by atoms with van der Waals surface area (Å²) in [7, 11) is 0. The normalized spacial score (nSPS) is 11.1. The maximum Gasteiger partial charge on any atom is 0.165 e. The molecule has 1 heterocycles. The van der Waals surface area contributed by atoms with Gasteiger partial charge in [-0.1, -0.05) is 19.9 Å². The molecule has 0 aliphatic rings. The summed E-state index contributed by atoms with van der Waals surface area (Å²) in [6, 6.07) is 4.88. The van der Waals surface area contributed by atoms with Gasteiger partial charge in [0, 0.05) is 18.7 Å². The Labute approximate surface area is 124 Å². The van der Waals surface area contributed by atoms with Crippen molar-refractivity contribution in [2.75, 3.05) is 6.54 Å². The van der Waals surface area contributed by atoms with E-state index in [-0.39, 0.29) is 5.82 Å². The Morgan fingerprint density at radius 1 is 1.38 bits per heavy atom. The van der Waals surface area contributed by atoms with Crippen molar-refractivity contribution in [3.8, 4) is 11.5 Å². The summed E-state index contributed by atoms with van der Waals surface area (Å²) in [6.45, 7) is 8.29. The Kier molecular flexibility index (Phi) is 5.33. The number of rotatable bonds is 7. The van der Waals surface area contributed by atoms with Crippen LogP contribution in [0.1, 0.15) is 26.3 Å². The second kappa shape index (κ2) is 7.22.